The summed E-state index contributed by atoms with van der Waals surface area (Å²) in [5, 5.41) is 3.17. The summed E-state index contributed by atoms with van der Waals surface area (Å²) in [6, 6.07) is 6.21. The summed E-state index contributed by atoms with van der Waals surface area (Å²) in [4.78, 5) is 12.2. The number of carbonyl (C=O) groups is 1. The molecule has 18 heavy (non-hydrogen) atoms. The van der Waals surface area contributed by atoms with E-state index in [2.05, 4.69) is 39.1 Å². The van der Waals surface area contributed by atoms with Crippen LogP contribution >= 0.6 is 0 Å². The van der Waals surface area contributed by atoms with Crippen molar-refractivity contribution in [2.45, 2.75) is 46.5 Å². The van der Waals surface area contributed by atoms with Gasteiger partial charge in [-0.3, -0.25) is 4.79 Å². The third kappa shape index (κ3) is 3.95. The number of hydrogen-bond acceptors (Lipinski definition) is 2. The molecule has 1 aromatic rings. The van der Waals surface area contributed by atoms with Gasteiger partial charge in [0.15, 0.2) is 5.78 Å². The molecule has 1 rings (SSSR count). The van der Waals surface area contributed by atoms with Gasteiger partial charge in [0.05, 0.1) is 6.54 Å². The fourth-order valence-corrected chi connectivity index (χ4v) is 1.86. The van der Waals surface area contributed by atoms with Crippen molar-refractivity contribution < 1.29 is 4.79 Å². The van der Waals surface area contributed by atoms with E-state index in [-0.39, 0.29) is 11.2 Å². The third-order valence-corrected chi connectivity index (χ3v) is 3.12. The molecule has 0 unspecified atom stereocenters. The highest BCUT2D eigenvalue weighted by molar-refractivity contribution is 5.99. The van der Waals surface area contributed by atoms with Crippen LogP contribution in [0.25, 0.3) is 0 Å². The topological polar surface area (TPSA) is 29.1 Å². The van der Waals surface area contributed by atoms with Gasteiger partial charge in [-0.05, 0) is 42.5 Å². The molecule has 0 aromatic heterocycles. The first-order valence-corrected chi connectivity index (χ1v) is 6.71. The maximum atomic E-state index is 12.2. The summed E-state index contributed by atoms with van der Waals surface area (Å²) in [5.74, 6) is 0.187. The molecule has 0 radical (unpaired) electrons. The molecule has 0 amide bonds. The molecule has 0 aliphatic rings. The second kappa shape index (κ2) is 6.14. The molecule has 2 nitrogen and oxygen atoms in total. The summed E-state index contributed by atoms with van der Waals surface area (Å²) >= 11 is 0. The molecule has 100 valence electrons. The van der Waals surface area contributed by atoms with E-state index in [0.717, 1.165) is 24.1 Å². The lowest BCUT2D eigenvalue weighted by Crippen LogP contribution is -2.24. The normalized spacial score (nSPS) is 11.6. The first kappa shape index (κ1) is 14.9. The van der Waals surface area contributed by atoms with Crippen molar-refractivity contribution in [3.63, 3.8) is 0 Å². The predicted molar refractivity (Wildman–Crippen MR) is 77.4 cm³/mol. The smallest absolute Gasteiger partial charge is 0.176 e. The molecule has 2 heteroatoms. The largest absolute Gasteiger partial charge is 0.310 e. The average molecular weight is 247 g/mol. The first-order valence-electron chi connectivity index (χ1n) is 6.71. The van der Waals surface area contributed by atoms with E-state index in [9.17, 15) is 4.79 Å². The van der Waals surface area contributed by atoms with E-state index in [1.165, 1.54) is 5.56 Å². The van der Waals surface area contributed by atoms with Crippen LogP contribution in [0.4, 0.5) is 0 Å². The Balaban J connectivity index is 2.90. The maximum Gasteiger partial charge on any atom is 0.176 e. The van der Waals surface area contributed by atoms with Crippen molar-refractivity contribution in [2.24, 2.45) is 0 Å². The molecule has 0 saturated carbocycles. The molecule has 1 N–H and O–H groups in total. The minimum Gasteiger partial charge on any atom is -0.310 e. The maximum absolute atomic E-state index is 12.2. The van der Waals surface area contributed by atoms with E-state index >= 15 is 0 Å². The van der Waals surface area contributed by atoms with Crippen LogP contribution < -0.4 is 5.32 Å². The van der Waals surface area contributed by atoms with Gasteiger partial charge in [0.2, 0.25) is 0 Å². The molecule has 0 heterocycles. The summed E-state index contributed by atoms with van der Waals surface area (Å²) in [6.07, 6.45) is 1.05. The van der Waals surface area contributed by atoms with Crippen molar-refractivity contribution in [1.29, 1.82) is 0 Å². The second-order valence-corrected chi connectivity index (χ2v) is 5.88. The number of hydrogen-bond donors (Lipinski definition) is 1. The minimum atomic E-state index is 0.0829. The first-order chi connectivity index (χ1) is 8.36. The monoisotopic (exact) mass is 247 g/mol. The summed E-state index contributed by atoms with van der Waals surface area (Å²) < 4.78 is 0. The molecule has 0 fully saturated rings. The second-order valence-electron chi connectivity index (χ2n) is 5.88. The zero-order valence-corrected chi connectivity index (χ0v) is 12.3. The fraction of sp³-hybridized carbons (Fsp3) is 0.562. The van der Waals surface area contributed by atoms with Crippen LogP contribution in [-0.2, 0) is 5.41 Å². The van der Waals surface area contributed by atoms with Gasteiger partial charge in [0, 0.05) is 5.56 Å². The molecule has 0 bridgehead atoms. The number of Topliss-reactive ketones (excluding diaryl/α,β-unsaturated/α-hetero) is 1. The summed E-state index contributed by atoms with van der Waals surface area (Å²) in [5.41, 5.74) is 3.21. The van der Waals surface area contributed by atoms with Crippen molar-refractivity contribution in [3.8, 4) is 0 Å². The lowest BCUT2D eigenvalue weighted by molar-refractivity contribution is 0.0990. The van der Waals surface area contributed by atoms with E-state index in [1.807, 2.05) is 19.1 Å². The van der Waals surface area contributed by atoms with Crippen LogP contribution in [0.1, 0.15) is 55.6 Å². The number of carbonyl (C=O) groups excluding carboxylic acids is 1. The van der Waals surface area contributed by atoms with Gasteiger partial charge < -0.3 is 5.32 Å². The Morgan fingerprint density at radius 3 is 2.50 bits per heavy atom. The van der Waals surface area contributed by atoms with Crippen LogP contribution in [0, 0.1) is 6.92 Å². The quantitative estimate of drug-likeness (QED) is 0.637. The molecule has 0 spiro atoms. The Morgan fingerprint density at radius 2 is 1.94 bits per heavy atom. The van der Waals surface area contributed by atoms with Gasteiger partial charge in [0.25, 0.3) is 0 Å². The van der Waals surface area contributed by atoms with Crippen LogP contribution in [0.3, 0.4) is 0 Å². The Bertz CT molecular complexity index is 416. The van der Waals surface area contributed by atoms with Crippen LogP contribution in [-0.4, -0.2) is 18.9 Å². The highest BCUT2D eigenvalue weighted by Crippen LogP contribution is 2.24. The minimum absolute atomic E-state index is 0.0829. The van der Waals surface area contributed by atoms with Gasteiger partial charge in [-0.2, -0.15) is 0 Å². The van der Waals surface area contributed by atoms with Crippen LogP contribution in [0.15, 0.2) is 18.2 Å². The molecular formula is C16H25NO. The van der Waals surface area contributed by atoms with Crippen molar-refractivity contribution in [3.05, 3.63) is 34.9 Å². The van der Waals surface area contributed by atoms with Gasteiger partial charge >= 0.3 is 0 Å². The average Bonchev–Trinajstić information content (AvgIpc) is 2.28. The molecule has 0 aliphatic carbocycles. The van der Waals surface area contributed by atoms with Gasteiger partial charge in [-0.15, -0.1) is 0 Å². The van der Waals surface area contributed by atoms with E-state index in [0.29, 0.717) is 6.54 Å². The highest BCUT2D eigenvalue weighted by Gasteiger charge is 2.17. The number of benzene rings is 1. The summed E-state index contributed by atoms with van der Waals surface area (Å²) in [7, 11) is 0. The van der Waals surface area contributed by atoms with Crippen LogP contribution in [0.5, 0.6) is 0 Å². The van der Waals surface area contributed by atoms with Gasteiger partial charge in [-0.1, -0.05) is 39.8 Å². The number of nitrogens with one attached hydrogen (secondary N) is 1. The SMILES string of the molecule is CCCNCC(=O)c1cc(C(C)(C)C)ccc1C. The molecule has 1 aromatic carbocycles. The Kier molecular flexibility index (Phi) is 5.09. The lowest BCUT2D eigenvalue weighted by Gasteiger charge is -2.20. The zero-order chi connectivity index (χ0) is 13.8. The Labute approximate surface area is 111 Å². The Hall–Kier alpha value is -1.15. The number of aryl methyl sites for hydroxylation is 1. The standard InChI is InChI=1S/C16H25NO/c1-6-9-17-11-15(18)14-10-13(16(3,4)5)8-7-12(14)2/h7-8,10,17H,6,9,11H2,1-5H3. The number of ketones is 1. The van der Waals surface area contributed by atoms with Crippen molar-refractivity contribution >= 4 is 5.78 Å². The van der Waals surface area contributed by atoms with Crippen LogP contribution in [0.2, 0.25) is 0 Å². The van der Waals surface area contributed by atoms with Gasteiger partial charge in [0.1, 0.15) is 0 Å². The molecule has 0 atom stereocenters. The fourth-order valence-electron chi connectivity index (χ4n) is 1.86. The molecular weight excluding hydrogens is 222 g/mol. The zero-order valence-electron chi connectivity index (χ0n) is 12.3. The molecule has 0 saturated heterocycles. The van der Waals surface area contributed by atoms with Gasteiger partial charge in [-0.25, -0.2) is 0 Å². The van der Waals surface area contributed by atoms with E-state index < -0.39 is 0 Å². The molecule has 0 aliphatic heterocycles. The lowest BCUT2D eigenvalue weighted by atomic mass is 9.85. The van der Waals surface area contributed by atoms with E-state index in [1.54, 1.807) is 0 Å². The summed E-state index contributed by atoms with van der Waals surface area (Å²) in [6.45, 7) is 11.9. The van der Waals surface area contributed by atoms with Crippen molar-refractivity contribution in [1.82, 2.24) is 5.32 Å². The van der Waals surface area contributed by atoms with E-state index in [4.69, 9.17) is 0 Å². The number of rotatable bonds is 5. The van der Waals surface area contributed by atoms with Crippen molar-refractivity contribution in [2.75, 3.05) is 13.1 Å². The third-order valence-electron chi connectivity index (χ3n) is 3.12. The predicted octanol–water partition coefficient (Wildman–Crippen LogP) is 3.47. The Morgan fingerprint density at radius 1 is 1.28 bits per heavy atom. The highest BCUT2D eigenvalue weighted by atomic mass is 16.1.